The smallest absolute Gasteiger partial charge is 0.251 e. The van der Waals surface area contributed by atoms with E-state index >= 15 is 0 Å². The van der Waals surface area contributed by atoms with Crippen LogP contribution in [0.4, 0.5) is 14.6 Å². The third-order valence-electron chi connectivity index (χ3n) is 3.87. The van der Waals surface area contributed by atoms with Crippen molar-refractivity contribution in [3.05, 3.63) is 59.3 Å². The lowest BCUT2D eigenvalue weighted by atomic mass is 10.2. The summed E-state index contributed by atoms with van der Waals surface area (Å²) in [4.78, 5) is 18.6. The SMILES string of the molecule is O=C(NCc1ccc(N2CCCC2)nc1)c1ccc(F)c(F)c1. The van der Waals surface area contributed by atoms with E-state index in [1.165, 1.54) is 18.9 Å². The van der Waals surface area contributed by atoms with Gasteiger partial charge in [0.2, 0.25) is 0 Å². The number of halogens is 2. The number of aromatic nitrogens is 1. The first-order valence-electron chi connectivity index (χ1n) is 7.56. The quantitative estimate of drug-likeness (QED) is 0.943. The summed E-state index contributed by atoms with van der Waals surface area (Å²) in [6.07, 6.45) is 4.10. The number of carbonyl (C=O) groups excluding carboxylic acids is 1. The van der Waals surface area contributed by atoms with E-state index in [2.05, 4.69) is 15.2 Å². The number of hydrogen-bond donors (Lipinski definition) is 1. The highest BCUT2D eigenvalue weighted by atomic mass is 19.2. The maximum atomic E-state index is 13.1. The lowest BCUT2D eigenvalue weighted by Crippen LogP contribution is -2.23. The minimum Gasteiger partial charge on any atom is -0.357 e. The van der Waals surface area contributed by atoms with Crippen LogP contribution in [0.2, 0.25) is 0 Å². The Bertz CT molecular complexity index is 697. The van der Waals surface area contributed by atoms with Gasteiger partial charge in [0.25, 0.3) is 5.91 Å². The van der Waals surface area contributed by atoms with Gasteiger partial charge in [-0.1, -0.05) is 6.07 Å². The Morgan fingerprint density at radius 1 is 1.13 bits per heavy atom. The number of nitrogens with zero attached hydrogens (tertiary/aromatic N) is 2. The van der Waals surface area contributed by atoms with Crippen molar-refractivity contribution in [2.75, 3.05) is 18.0 Å². The van der Waals surface area contributed by atoms with E-state index in [0.717, 1.165) is 36.6 Å². The molecule has 0 aliphatic carbocycles. The fraction of sp³-hybridized carbons (Fsp3) is 0.294. The normalized spacial score (nSPS) is 14.1. The first-order chi connectivity index (χ1) is 11.1. The number of rotatable bonds is 4. The van der Waals surface area contributed by atoms with Crippen LogP contribution in [0, 0.1) is 11.6 Å². The van der Waals surface area contributed by atoms with Crippen molar-refractivity contribution in [3.63, 3.8) is 0 Å². The maximum Gasteiger partial charge on any atom is 0.251 e. The molecule has 23 heavy (non-hydrogen) atoms. The molecule has 1 amide bonds. The Labute approximate surface area is 133 Å². The second-order valence-corrected chi connectivity index (χ2v) is 5.53. The molecule has 0 bridgehead atoms. The summed E-state index contributed by atoms with van der Waals surface area (Å²) in [5.41, 5.74) is 0.939. The first kappa shape index (κ1) is 15.4. The van der Waals surface area contributed by atoms with Crippen LogP contribution in [-0.4, -0.2) is 24.0 Å². The fourth-order valence-corrected chi connectivity index (χ4v) is 2.58. The molecule has 2 aromatic rings. The van der Waals surface area contributed by atoms with Crippen LogP contribution in [-0.2, 0) is 6.54 Å². The van der Waals surface area contributed by atoms with Gasteiger partial charge in [-0.2, -0.15) is 0 Å². The molecule has 0 unspecified atom stereocenters. The number of hydrogen-bond acceptors (Lipinski definition) is 3. The molecular formula is C17H17F2N3O. The molecule has 1 N–H and O–H groups in total. The number of benzene rings is 1. The van der Waals surface area contributed by atoms with Crippen LogP contribution >= 0.6 is 0 Å². The van der Waals surface area contributed by atoms with Gasteiger partial charge in [-0.15, -0.1) is 0 Å². The molecule has 1 aliphatic rings. The van der Waals surface area contributed by atoms with Gasteiger partial charge in [-0.25, -0.2) is 13.8 Å². The largest absolute Gasteiger partial charge is 0.357 e. The predicted molar refractivity (Wildman–Crippen MR) is 83.2 cm³/mol. The van der Waals surface area contributed by atoms with E-state index in [9.17, 15) is 13.6 Å². The van der Waals surface area contributed by atoms with E-state index in [1.54, 1.807) is 6.20 Å². The molecule has 1 aromatic heterocycles. The van der Waals surface area contributed by atoms with Crippen LogP contribution in [0.1, 0.15) is 28.8 Å². The van der Waals surface area contributed by atoms with Gasteiger partial charge in [0.15, 0.2) is 11.6 Å². The fourth-order valence-electron chi connectivity index (χ4n) is 2.58. The van der Waals surface area contributed by atoms with Crippen LogP contribution in [0.5, 0.6) is 0 Å². The maximum absolute atomic E-state index is 13.1. The molecule has 3 rings (SSSR count). The van der Waals surface area contributed by atoms with Gasteiger partial charge in [0, 0.05) is 31.4 Å². The van der Waals surface area contributed by atoms with Crippen LogP contribution in [0.15, 0.2) is 36.5 Å². The summed E-state index contributed by atoms with van der Waals surface area (Å²) in [6, 6.07) is 6.93. The number of amides is 1. The zero-order valence-electron chi connectivity index (χ0n) is 12.6. The van der Waals surface area contributed by atoms with Crippen molar-refractivity contribution >= 4 is 11.7 Å². The van der Waals surface area contributed by atoms with Gasteiger partial charge >= 0.3 is 0 Å². The minimum atomic E-state index is -1.03. The van der Waals surface area contributed by atoms with Gasteiger partial charge in [-0.05, 0) is 42.7 Å². The molecule has 1 saturated heterocycles. The Morgan fingerprint density at radius 3 is 2.57 bits per heavy atom. The molecule has 1 aliphatic heterocycles. The molecule has 0 spiro atoms. The molecule has 120 valence electrons. The Morgan fingerprint density at radius 2 is 1.91 bits per heavy atom. The molecule has 0 radical (unpaired) electrons. The third-order valence-corrected chi connectivity index (χ3v) is 3.87. The second-order valence-electron chi connectivity index (χ2n) is 5.53. The van der Waals surface area contributed by atoms with E-state index in [0.29, 0.717) is 0 Å². The highest BCUT2D eigenvalue weighted by Crippen LogP contribution is 2.17. The molecule has 0 saturated carbocycles. The Balaban J connectivity index is 1.59. The summed E-state index contributed by atoms with van der Waals surface area (Å²) in [6.45, 7) is 2.34. The minimum absolute atomic E-state index is 0.0885. The lowest BCUT2D eigenvalue weighted by Gasteiger charge is -2.16. The summed E-state index contributed by atoms with van der Waals surface area (Å²) in [5, 5.41) is 2.67. The lowest BCUT2D eigenvalue weighted by molar-refractivity contribution is 0.0950. The second kappa shape index (κ2) is 6.73. The zero-order chi connectivity index (χ0) is 16.2. The molecule has 6 heteroatoms. The third kappa shape index (κ3) is 3.64. The molecule has 2 heterocycles. The van der Waals surface area contributed by atoms with Crippen LogP contribution in [0.3, 0.4) is 0 Å². The summed E-state index contributed by atoms with van der Waals surface area (Å²) in [5.74, 6) is -1.51. The summed E-state index contributed by atoms with van der Waals surface area (Å²) >= 11 is 0. The highest BCUT2D eigenvalue weighted by molar-refractivity contribution is 5.94. The average Bonchev–Trinajstić information content (AvgIpc) is 3.10. The van der Waals surface area contributed by atoms with Crippen molar-refractivity contribution in [2.45, 2.75) is 19.4 Å². The predicted octanol–water partition coefficient (Wildman–Crippen LogP) is 2.89. The standard InChI is InChI=1S/C17H17F2N3O/c18-14-5-4-13(9-15(14)19)17(23)21-11-12-3-6-16(20-10-12)22-7-1-2-8-22/h3-6,9-10H,1-2,7-8,11H2,(H,21,23). The number of carbonyl (C=O) groups is 1. The molecule has 4 nitrogen and oxygen atoms in total. The monoisotopic (exact) mass is 317 g/mol. The van der Waals surface area contributed by atoms with Crippen molar-refractivity contribution in [3.8, 4) is 0 Å². The van der Waals surface area contributed by atoms with Crippen LogP contribution < -0.4 is 10.2 Å². The number of anilines is 1. The van der Waals surface area contributed by atoms with Crippen LogP contribution in [0.25, 0.3) is 0 Å². The average molecular weight is 317 g/mol. The first-order valence-corrected chi connectivity index (χ1v) is 7.56. The molecule has 1 fully saturated rings. The van der Waals surface area contributed by atoms with E-state index in [-0.39, 0.29) is 12.1 Å². The number of pyridine rings is 1. The van der Waals surface area contributed by atoms with Crippen molar-refractivity contribution in [1.82, 2.24) is 10.3 Å². The van der Waals surface area contributed by atoms with Crippen molar-refractivity contribution in [1.29, 1.82) is 0 Å². The van der Waals surface area contributed by atoms with Gasteiger partial charge in [0.1, 0.15) is 5.82 Å². The zero-order valence-corrected chi connectivity index (χ0v) is 12.6. The number of nitrogens with one attached hydrogen (secondary N) is 1. The molecular weight excluding hydrogens is 300 g/mol. The highest BCUT2D eigenvalue weighted by Gasteiger charge is 2.13. The van der Waals surface area contributed by atoms with Crippen molar-refractivity contribution < 1.29 is 13.6 Å². The Hall–Kier alpha value is -2.50. The van der Waals surface area contributed by atoms with E-state index in [4.69, 9.17) is 0 Å². The molecule has 1 aromatic carbocycles. The summed E-state index contributed by atoms with van der Waals surface area (Å²) in [7, 11) is 0. The van der Waals surface area contributed by atoms with Crippen molar-refractivity contribution in [2.24, 2.45) is 0 Å². The van der Waals surface area contributed by atoms with E-state index in [1.807, 2.05) is 12.1 Å². The van der Waals surface area contributed by atoms with Gasteiger partial charge in [0.05, 0.1) is 0 Å². The molecule has 0 atom stereocenters. The van der Waals surface area contributed by atoms with E-state index < -0.39 is 17.5 Å². The summed E-state index contributed by atoms with van der Waals surface area (Å²) < 4.78 is 26.0. The topological polar surface area (TPSA) is 45.2 Å². The Kier molecular flexibility index (Phi) is 4.50. The van der Waals surface area contributed by atoms with Gasteiger partial charge < -0.3 is 10.2 Å². The van der Waals surface area contributed by atoms with Gasteiger partial charge in [-0.3, -0.25) is 4.79 Å².